The molecule has 29 heavy (non-hydrogen) atoms. The molecule has 0 bridgehead atoms. The Morgan fingerprint density at radius 3 is 2.59 bits per heavy atom. The van der Waals surface area contributed by atoms with Crippen molar-refractivity contribution in [1.29, 1.82) is 0 Å². The first-order valence-electron chi connectivity index (χ1n) is 11.2. The predicted molar refractivity (Wildman–Crippen MR) is 124 cm³/mol. The molecule has 0 radical (unpaired) electrons. The number of allylic oxidation sites excluding steroid dienone is 1. The minimum atomic E-state index is -0.432. The Labute approximate surface area is 175 Å². The summed E-state index contributed by atoms with van der Waals surface area (Å²) in [6, 6.07) is 6.24. The summed E-state index contributed by atoms with van der Waals surface area (Å²) in [5.74, 6) is 0.219. The number of hydrazone groups is 1. The number of carbonyl (C=O) groups is 1. The van der Waals surface area contributed by atoms with E-state index in [0.717, 1.165) is 66.7 Å². The van der Waals surface area contributed by atoms with Crippen LogP contribution in [0.3, 0.4) is 0 Å². The molecule has 1 aromatic carbocycles. The monoisotopic (exact) mass is 393 g/mol. The number of amides is 1. The number of carbonyl (C=O) groups excluding carboxylic acids is 1. The molecule has 3 rings (SSSR count). The van der Waals surface area contributed by atoms with Gasteiger partial charge < -0.3 is 4.90 Å². The maximum absolute atomic E-state index is 13.5. The van der Waals surface area contributed by atoms with Crippen LogP contribution in [0.15, 0.2) is 48.1 Å². The number of rotatable bonds is 8. The Bertz CT molecular complexity index is 802. The van der Waals surface area contributed by atoms with E-state index in [4.69, 9.17) is 0 Å². The lowest BCUT2D eigenvalue weighted by molar-refractivity contribution is -0.123. The average Bonchev–Trinajstić information content (AvgIpc) is 2.84. The molecule has 1 amide bonds. The molecule has 1 aromatic rings. The molecule has 4 nitrogen and oxygen atoms in total. The van der Waals surface area contributed by atoms with E-state index >= 15 is 0 Å². The minimum absolute atomic E-state index is 0.219. The summed E-state index contributed by atoms with van der Waals surface area (Å²) in [6.07, 6.45) is 11.1. The Hall–Kier alpha value is -2.36. The van der Waals surface area contributed by atoms with Gasteiger partial charge in [0.15, 0.2) is 0 Å². The third kappa shape index (κ3) is 4.17. The highest BCUT2D eigenvalue weighted by Gasteiger charge is 2.49. The summed E-state index contributed by atoms with van der Waals surface area (Å²) >= 11 is 0. The first-order chi connectivity index (χ1) is 14.1. The fraction of sp³-hybridized carbons (Fsp3) is 0.520. The number of anilines is 2. The van der Waals surface area contributed by atoms with Crippen molar-refractivity contribution in [3.8, 4) is 0 Å². The molecule has 4 heteroatoms. The van der Waals surface area contributed by atoms with Crippen LogP contribution in [0.4, 0.5) is 11.4 Å². The van der Waals surface area contributed by atoms with E-state index < -0.39 is 5.41 Å². The molecule has 1 fully saturated rings. The molecule has 2 aliphatic rings. The van der Waals surface area contributed by atoms with Crippen LogP contribution in [0.25, 0.3) is 0 Å². The zero-order valence-electron chi connectivity index (χ0n) is 18.1. The fourth-order valence-corrected chi connectivity index (χ4v) is 4.87. The Morgan fingerprint density at radius 2 is 1.90 bits per heavy atom. The zero-order valence-corrected chi connectivity index (χ0v) is 18.1. The normalized spacial score (nSPS) is 19.9. The number of nitrogens with zero attached hydrogens (tertiary/aromatic N) is 2. The first kappa shape index (κ1) is 21.4. The molecular formula is C25H35N3O. The molecule has 1 saturated carbocycles. The largest absolute Gasteiger partial charge is 0.308 e. The quantitative estimate of drug-likeness (QED) is 0.318. The number of benzene rings is 1. The average molecular weight is 394 g/mol. The Balaban J connectivity index is 1.96. The summed E-state index contributed by atoms with van der Waals surface area (Å²) in [5, 5.41) is 4.69. The molecule has 0 atom stereocenters. The van der Waals surface area contributed by atoms with Crippen molar-refractivity contribution in [2.24, 2.45) is 5.10 Å². The Morgan fingerprint density at radius 1 is 1.17 bits per heavy atom. The second-order valence-electron chi connectivity index (χ2n) is 8.35. The van der Waals surface area contributed by atoms with E-state index in [1.54, 1.807) is 0 Å². The summed E-state index contributed by atoms with van der Waals surface area (Å²) in [4.78, 5) is 15.4. The van der Waals surface area contributed by atoms with E-state index in [0.29, 0.717) is 6.54 Å². The topological polar surface area (TPSA) is 44.7 Å². The maximum atomic E-state index is 13.5. The highest BCUT2D eigenvalue weighted by molar-refractivity contribution is 6.08. The van der Waals surface area contributed by atoms with E-state index in [1.165, 1.54) is 19.3 Å². The van der Waals surface area contributed by atoms with Crippen LogP contribution in [-0.4, -0.2) is 18.2 Å². The third-order valence-electron chi connectivity index (χ3n) is 6.24. The van der Waals surface area contributed by atoms with Gasteiger partial charge in [-0.3, -0.25) is 10.2 Å². The molecule has 0 aromatic heterocycles. The van der Waals surface area contributed by atoms with E-state index in [1.807, 2.05) is 17.0 Å². The van der Waals surface area contributed by atoms with Gasteiger partial charge in [-0.15, -0.1) is 6.58 Å². The molecule has 0 saturated heterocycles. The van der Waals surface area contributed by atoms with Gasteiger partial charge in [-0.25, -0.2) is 0 Å². The van der Waals surface area contributed by atoms with Crippen molar-refractivity contribution in [3.63, 3.8) is 0 Å². The van der Waals surface area contributed by atoms with Crippen molar-refractivity contribution >= 4 is 23.0 Å². The van der Waals surface area contributed by atoms with Crippen LogP contribution < -0.4 is 10.3 Å². The fourth-order valence-electron chi connectivity index (χ4n) is 4.87. The van der Waals surface area contributed by atoms with Crippen molar-refractivity contribution in [1.82, 2.24) is 0 Å². The summed E-state index contributed by atoms with van der Waals surface area (Å²) in [7, 11) is 0. The molecular weight excluding hydrogens is 358 g/mol. The lowest BCUT2D eigenvalue weighted by Crippen LogP contribution is -2.40. The zero-order chi connectivity index (χ0) is 20.9. The second kappa shape index (κ2) is 9.43. The number of nitrogens with one attached hydrogen (secondary N) is 1. The third-order valence-corrected chi connectivity index (χ3v) is 6.24. The smallest absolute Gasteiger partial charge is 0.238 e. The van der Waals surface area contributed by atoms with Crippen molar-refractivity contribution in [2.45, 2.75) is 77.0 Å². The first-order valence-corrected chi connectivity index (χ1v) is 11.2. The number of hydrogen-bond donors (Lipinski definition) is 1. The van der Waals surface area contributed by atoms with Gasteiger partial charge in [-0.05, 0) is 67.9 Å². The van der Waals surface area contributed by atoms with Crippen LogP contribution >= 0.6 is 0 Å². The van der Waals surface area contributed by atoms with Gasteiger partial charge in [0, 0.05) is 12.2 Å². The Kier molecular flexibility index (Phi) is 6.94. The lowest BCUT2D eigenvalue weighted by Gasteiger charge is -2.28. The highest BCUT2D eigenvalue weighted by atomic mass is 16.2. The van der Waals surface area contributed by atoms with Crippen LogP contribution in [0, 0.1) is 0 Å². The molecule has 1 heterocycles. The molecule has 1 aliphatic heterocycles. The van der Waals surface area contributed by atoms with Crippen molar-refractivity contribution < 1.29 is 4.79 Å². The predicted octanol–water partition coefficient (Wildman–Crippen LogP) is 6.35. The van der Waals surface area contributed by atoms with Gasteiger partial charge in [0.2, 0.25) is 5.91 Å². The minimum Gasteiger partial charge on any atom is -0.308 e. The molecule has 0 unspecified atom stereocenters. The van der Waals surface area contributed by atoms with Crippen LogP contribution in [0.5, 0.6) is 0 Å². The van der Waals surface area contributed by atoms with E-state index in [2.05, 4.69) is 49.7 Å². The van der Waals surface area contributed by atoms with Crippen molar-refractivity contribution in [2.75, 3.05) is 16.9 Å². The lowest BCUT2D eigenvalue weighted by atomic mass is 9.74. The second-order valence-corrected chi connectivity index (χ2v) is 8.35. The van der Waals surface area contributed by atoms with Gasteiger partial charge in [0.25, 0.3) is 0 Å². The van der Waals surface area contributed by atoms with E-state index in [9.17, 15) is 4.79 Å². The van der Waals surface area contributed by atoms with E-state index in [-0.39, 0.29) is 5.91 Å². The summed E-state index contributed by atoms with van der Waals surface area (Å²) in [6.45, 7) is 12.9. The molecule has 1 aliphatic carbocycles. The summed E-state index contributed by atoms with van der Waals surface area (Å²) < 4.78 is 0. The maximum Gasteiger partial charge on any atom is 0.238 e. The van der Waals surface area contributed by atoms with Crippen molar-refractivity contribution in [3.05, 3.63) is 48.6 Å². The standard InChI is InChI=1S/C25H35N3O/c1-5-15-25(16-6-2)21-18-20(13-14-23(21)28(17-7-3)24(25)29)26-27-22-12-10-8-9-11-19(22)4/h7,13-14,18,26H,3-6,8-12,15-17H2,1-2H3/b27-22+. The summed E-state index contributed by atoms with van der Waals surface area (Å²) in [5.41, 5.74) is 8.16. The highest BCUT2D eigenvalue weighted by Crippen LogP contribution is 2.48. The molecule has 156 valence electrons. The SMILES string of the molecule is C=CCN1C(=O)C(CCC)(CCC)c2cc(N/N=C3\CCCCCC3=C)ccc21. The van der Waals surface area contributed by atoms with Gasteiger partial charge in [-0.2, -0.15) is 5.10 Å². The molecule has 0 spiro atoms. The van der Waals surface area contributed by atoms with Crippen LogP contribution in [0.1, 0.15) is 77.2 Å². The van der Waals surface area contributed by atoms with Gasteiger partial charge >= 0.3 is 0 Å². The van der Waals surface area contributed by atoms with Crippen LogP contribution in [0.2, 0.25) is 0 Å². The number of hydrogen-bond acceptors (Lipinski definition) is 3. The number of fused-ring (bicyclic) bond motifs is 1. The van der Waals surface area contributed by atoms with Gasteiger partial charge in [0.05, 0.1) is 16.8 Å². The van der Waals surface area contributed by atoms with Gasteiger partial charge in [0.1, 0.15) is 0 Å². The van der Waals surface area contributed by atoms with Crippen LogP contribution in [-0.2, 0) is 10.2 Å². The molecule has 1 N–H and O–H groups in total. The van der Waals surface area contributed by atoms with Gasteiger partial charge in [-0.1, -0.05) is 45.8 Å².